The molecule has 0 spiro atoms. The second kappa shape index (κ2) is 11.6. The number of hydrogen-bond acceptors (Lipinski definition) is 5. The lowest BCUT2D eigenvalue weighted by molar-refractivity contribution is -0.133. The molecule has 186 valence electrons. The van der Waals surface area contributed by atoms with Gasteiger partial charge in [-0.1, -0.05) is 32.9 Å². The topological polar surface area (TPSA) is 88.1 Å². The zero-order valence-electron chi connectivity index (χ0n) is 21.0. The second-order valence-electron chi connectivity index (χ2n) is 9.04. The summed E-state index contributed by atoms with van der Waals surface area (Å²) in [4.78, 5) is 27.3. The van der Waals surface area contributed by atoms with E-state index in [0.717, 1.165) is 37.1 Å². The van der Waals surface area contributed by atoms with Gasteiger partial charge in [-0.25, -0.2) is 0 Å². The summed E-state index contributed by atoms with van der Waals surface area (Å²) in [6, 6.07) is 5.70. The van der Waals surface area contributed by atoms with Gasteiger partial charge in [0.1, 0.15) is 11.5 Å². The number of ether oxygens (including phenoxy) is 2. The molecule has 34 heavy (non-hydrogen) atoms. The van der Waals surface area contributed by atoms with Crippen LogP contribution in [0.25, 0.3) is 0 Å². The van der Waals surface area contributed by atoms with Crippen LogP contribution in [0.15, 0.2) is 41.9 Å². The summed E-state index contributed by atoms with van der Waals surface area (Å²) >= 11 is 0. The maximum Gasteiger partial charge on any atom is 0.251 e. The van der Waals surface area contributed by atoms with Gasteiger partial charge in [-0.2, -0.15) is 0 Å². The number of allylic oxidation sites excluding steroid dienone is 1. The molecule has 4 rings (SSSR count). The van der Waals surface area contributed by atoms with Gasteiger partial charge in [0.15, 0.2) is 0 Å². The second-order valence-corrected chi connectivity index (χ2v) is 9.04. The van der Waals surface area contributed by atoms with Crippen molar-refractivity contribution in [2.24, 2.45) is 11.8 Å². The van der Waals surface area contributed by atoms with Crippen molar-refractivity contribution in [2.75, 3.05) is 27.3 Å². The third kappa shape index (κ3) is 5.46. The van der Waals surface area contributed by atoms with E-state index < -0.39 is 12.0 Å². The van der Waals surface area contributed by atoms with Gasteiger partial charge in [-0.05, 0) is 42.0 Å². The van der Waals surface area contributed by atoms with Gasteiger partial charge in [-0.15, -0.1) is 0 Å². The van der Waals surface area contributed by atoms with E-state index in [9.17, 15) is 14.7 Å². The highest BCUT2D eigenvalue weighted by molar-refractivity contribution is 5.98. The number of nitrogens with zero attached hydrogens (tertiary/aromatic N) is 1. The minimum Gasteiger partial charge on any atom is -0.501 e. The van der Waals surface area contributed by atoms with Crippen molar-refractivity contribution < 1.29 is 24.2 Å². The first-order valence-corrected chi connectivity index (χ1v) is 12.3. The Morgan fingerprint density at radius 1 is 1.26 bits per heavy atom. The predicted molar refractivity (Wildman–Crippen MR) is 131 cm³/mol. The fraction of sp³-hybridized carbons (Fsp3) is 0.556. The molecule has 1 aliphatic carbocycles. The van der Waals surface area contributed by atoms with Crippen molar-refractivity contribution >= 4 is 11.8 Å². The molecule has 7 heteroatoms. The molecule has 0 bridgehead atoms. The summed E-state index contributed by atoms with van der Waals surface area (Å²) in [7, 11) is 3.12. The number of benzene rings is 1. The van der Waals surface area contributed by atoms with Gasteiger partial charge in [0.25, 0.3) is 5.91 Å². The van der Waals surface area contributed by atoms with Crippen molar-refractivity contribution in [3.8, 4) is 0 Å². The number of likely N-dealkylation sites (tertiary alicyclic amines) is 1. The predicted octanol–water partition coefficient (Wildman–Crippen LogP) is 3.74. The van der Waals surface area contributed by atoms with E-state index in [1.807, 2.05) is 36.9 Å². The maximum atomic E-state index is 13.4. The van der Waals surface area contributed by atoms with E-state index in [4.69, 9.17) is 9.47 Å². The third-order valence-corrected chi connectivity index (χ3v) is 6.87. The van der Waals surface area contributed by atoms with E-state index in [1.54, 1.807) is 26.4 Å². The third-order valence-electron chi connectivity index (χ3n) is 6.87. The lowest BCUT2D eigenvalue weighted by Gasteiger charge is -2.36. The quantitative estimate of drug-likeness (QED) is 0.661. The number of amides is 2. The number of fused-ring (bicyclic) bond motifs is 1. The van der Waals surface area contributed by atoms with Gasteiger partial charge in [0.2, 0.25) is 5.91 Å². The molecule has 4 atom stereocenters. The van der Waals surface area contributed by atoms with Crippen LogP contribution in [0.1, 0.15) is 67.4 Å². The van der Waals surface area contributed by atoms with E-state index >= 15 is 0 Å². The molecule has 0 radical (unpaired) electrons. The van der Waals surface area contributed by atoms with Crippen LogP contribution in [0, 0.1) is 11.8 Å². The Morgan fingerprint density at radius 3 is 2.71 bits per heavy atom. The van der Waals surface area contributed by atoms with Crippen molar-refractivity contribution in [1.82, 2.24) is 10.2 Å². The smallest absolute Gasteiger partial charge is 0.251 e. The zero-order chi connectivity index (χ0) is 24.8. The van der Waals surface area contributed by atoms with E-state index in [-0.39, 0.29) is 24.2 Å². The highest BCUT2D eigenvalue weighted by atomic mass is 16.5. The van der Waals surface area contributed by atoms with Crippen LogP contribution in [-0.4, -0.2) is 55.2 Å². The summed E-state index contributed by atoms with van der Waals surface area (Å²) in [5.74, 6) is 0.861. The van der Waals surface area contributed by atoms with Crippen LogP contribution in [0.3, 0.4) is 0 Å². The number of carbonyl (C=O) groups is 2. The first-order valence-electron chi connectivity index (χ1n) is 12.3. The van der Waals surface area contributed by atoms with Crippen LogP contribution < -0.4 is 5.32 Å². The van der Waals surface area contributed by atoms with Gasteiger partial charge in [0.05, 0.1) is 26.2 Å². The molecule has 0 aromatic heterocycles. The van der Waals surface area contributed by atoms with Crippen molar-refractivity contribution in [1.29, 1.82) is 0 Å². The van der Waals surface area contributed by atoms with Crippen molar-refractivity contribution in [3.05, 3.63) is 58.6 Å². The minimum absolute atomic E-state index is 0.0793. The van der Waals surface area contributed by atoms with Crippen LogP contribution in [-0.2, 0) is 20.8 Å². The van der Waals surface area contributed by atoms with Crippen molar-refractivity contribution in [3.63, 3.8) is 0 Å². The summed E-state index contributed by atoms with van der Waals surface area (Å²) in [6.45, 7) is 8.18. The van der Waals surface area contributed by atoms with Crippen molar-refractivity contribution in [2.45, 2.75) is 58.6 Å². The fourth-order valence-electron chi connectivity index (χ4n) is 5.15. The Labute approximate surface area is 202 Å². The molecule has 3 aliphatic rings. The Bertz CT molecular complexity index is 954. The molecular formula is C27H38N2O5. The van der Waals surface area contributed by atoms with Crippen LogP contribution in [0.5, 0.6) is 0 Å². The average Bonchev–Trinajstić information content (AvgIpc) is 3.23. The molecular weight excluding hydrogens is 432 g/mol. The molecule has 3 unspecified atom stereocenters. The summed E-state index contributed by atoms with van der Waals surface area (Å²) in [5, 5.41) is 13.9. The molecule has 2 amide bonds. The molecule has 1 aromatic rings. The number of rotatable bonds is 6. The van der Waals surface area contributed by atoms with Crippen LogP contribution in [0.2, 0.25) is 0 Å². The molecule has 2 heterocycles. The van der Waals surface area contributed by atoms with Gasteiger partial charge >= 0.3 is 0 Å². The first kappa shape index (κ1) is 25.8. The number of piperidine rings is 1. The average molecular weight is 471 g/mol. The normalized spacial score (nSPS) is 24.6. The number of hydrogen-bond donors (Lipinski definition) is 2. The largest absolute Gasteiger partial charge is 0.501 e. The SMILES string of the molecule is CC.COC1=C[C@@H](O)C(C(CC(=O)N2CCCC(C)C2)c2ccc3c(c2)CNC3=O)C(OC)=C1. The van der Waals surface area contributed by atoms with E-state index in [0.29, 0.717) is 29.5 Å². The Hall–Kier alpha value is -2.80. The van der Waals surface area contributed by atoms with Gasteiger partial charge in [0, 0.05) is 43.6 Å². The van der Waals surface area contributed by atoms with Gasteiger partial charge in [-0.3, -0.25) is 9.59 Å². The monoisotopic (exact) mass is 470 g/mol. The summed E-state index contributed by atoms with van der Waals surface area (Å²) in [6.07, 6.45) is 4.98. The van der Waals surface area contributed by atoms with E-state index in [1.165, 1.54) is 0 Å². The molecule has 2 aliphatic heterocycles. The molecule has 7 nitrogen and oxygen atoms in total. The van der Waals surface area contributed by atoms with Gasteiger partial charge < -0.3 is 24.8 Å². The molecule has 2 N–H and O–H groups in total. The highest BCUT2D eigenvalue weighted by Gasteiger charge is 2.38. The lowest BCUT2D eigenvalue weighted by atomic mass is 9.76. The van der Waals surface area contributed by atoms with Crippen LogP contribution >= 0.6 is 0 Å². The number of nitrogens with one attached hydrogen (secondary N) is 1. The highest BCUT2D eigenvalue weighted by Crippen LogP contribution is 2.40. The molecule has 1 aromatic carbocycles. The molecule has 1 saturated heterocycles. The maximum absolute atomic E-state index is 13.4. The number of aliphatic hydroxyl groups excluding tert-OH is 1. The molecule has 1 fully saturated rings. The summed E-state index contributed by atoms with van der Waals surface area (Å²) in [5.41, 5.74) is 2.50. The van der Waals surface area contributed by atoms with E-state index in [2.05, 4.69) is 12.2 Å². The Balaban J connectivity index is 0.00000158. The zero-order valence-corrected chi connectivity index (χ0v) is 21.0. The number of methoxy groups -OCH3 is 2. The standard InChI is InChI=1S/C25H32N2O5.C2H6/c1-15-5-4-8-27(14-15)23(29)12-20(16-6-7-19-17(9-16)13-26-25(19)30)24-21(28)10-18(31-2)11-22(24)32-3;1-2/h6-7,9-11,15,20-21,24,28H,4-5,8,12-14H2,1-3H3,(H,26,30);1-2H3/t15?,20?,21-,24?;/m1./s1. The minimum atomic E-state index is -0.865. The Kier molecular flexibility index (Phi) is 8.78. The molecule has 0 saturated carbocycles. The fourth-order valence-corrected chi connectivity index (χ4v) is 5.15. The van der Waals surface area contributed by atoms with Crippen LogP contribution in [0.4, 0.5) is 0 Å². The number of carbonyl (C=O) groups excluding carboxylic acids is 2. The summed E-state index contributed by atoms with van der Waals surface area (Å²) < 4.78 is 11.0. The number of aliphatic hydroxyl groups is 1. The Morgan fingerprint density at radius 2 is 2.03 bits per heavy atom. The first-order chi connectivity index (χ1) is 16.4. The lowest BCUT2D eigenvalue weighted by Crippen LogP contribution is -2.41.